The van der Waals surface area contributed by atoms with Gasteiger partial charge in [0.15, 0.2) is 0 Å². The van der Waals surface area contributed by atoms with E-state index in [9.17, 15) is 9.90 Å². The van der Waals surface area contributed by atoms with Crippen molar-refractivity contribution in [3.63, 3.8) is 0 Å². The summed E-state index contributed by atoms with van der Waals surface area (Å²) in [4.78, 5) is 15.7. The molecule has 0 aromatic rings. The SMILES string of the molecule is CCC(C)C(=O)N(C)CC(O)CN1CCOCC1. The highest BCUT2D eigenvalue weighted by Crippen LogP contribution is 2.06. The number of β-amino-alcohol motifs (C(OH)–C–C–N with tert-alkyl or cyclic N) is 1. The topological polar surface area (TPSA) is 53.0 Å². The molecule has 0 aromatic carbocycles. The lowest BCUT2D eigenvalue weighted by Gasteiger charge is -2.30. The van der Waals surface area contributed by atoms with Crippen LogP contribution in [0.15, 0.2) is 0 Å². The van der Waals surface area contributed by atoms with Crippen molar-refractivity contribution in [1.29, 1.82) is 0 Å². The molecule has 0 aromatic heterocycles. The molecule has 106 valence electrons. The number of hydrogen-bond acceptors (Lipinski definition) is 4. The van der Waals surface area contributed by atoms with Crippen LogP contribution >= 0.6 is 0 Å². The van der Waals surface area contributed by atoms with Crippen molar-refractivity contribution < 1.29 is 14.6 Å². The summed E-state index contributed by atoms with van der Waals surface area (Å²) in [6.45, 7) is 8.12. The van der Waals surface area contributed by atoms with Gasteiger partial charge in [-0.15, -0.1) is 0 Å². The van der Waals surface area contributed by atoms with Crippen molar-refractivity contribution in [3.05, 3.63) is 0 Å². The molecule has 0 aliphatic carbocycles. The molecule has 2 unspecified atom stereocenters. The molecule has 1 heterocycles. The first-order chi connectivity index (χ1) is 8.54. The van der Waals surface area contributed by atoms with E-state index < -0.39 is 6.10 Å². The molecule has 0 radical (unpaired) electrons. The number of nitrogens with zero attached hydrogens (tertiary/aromatic N) is 2. The summed E-state index contributed by atoms with van der Waals surface area (Å²) < 4.78 is 5.26. The standard InChI is InChI=1S/C13H26N2O3/c1-4-11(2)13(17)14(3)9-12(16)10-15-5-7-18-8-6-15/h11-12,16H,4-10H2,1-3H3. The van der Waals surface area contributed by atoms with Crippen LogP contribution in [-0.4, -0.2) is 73.4 Å². The number of amides is 1. The number of aliphatic hydroxyl groups excluding tert-OH is 1. The highest BCUT2D eigenvalue weighted by Gasteiger charge is 2.20. The summed E-state index contributed by atoms with van der Waals surface area (Å²) in [6, 6.07) is 0. The minimum atomic E-state index is -0.485. The third-order valence-electron chi connectivity index (χ3n) is 3.47. The van der Waals surface area contributed by atoms with Crippen molar-refractivity contribution in [2.75, 3.05) is 46.4 Å². The normalized spacial score (nSPS) is 20.4. The zero-order valence-electron chi connectivity index (χ0n) is 11.8. The quantitative estimate of drug-likeness (QED) is 0.738. The first-order valence-corrected chi connectivity index (χ1v) is 6.77. The monoisotopic (exact) mass is 258 g/mol. The fourth-order valence-electron chi connectivity index (χ4n) is 2.10. The van der Waals surface area contributed by atoms with Gasteiger partial charge in [0.05, 0.1) is 19.3 Å². The smallest absolute Gasteiger partial charge is 0.225 e. The zero-order chi connectivity index (χ0) is 13.5. The Bertz CT molecular complexity index is 255. The summed E-state index contributed by atoms with van der Waals surface area (Å²) in [5.74, 6) is 0.143. The highest BCUT2D eigenvalue weighted by atomic mass is 16.5. The van der Waals surface area contributed by atoms with Crippen LogP contribution in [-0.2, 0) is 9.53 Å². The Morgan fingerprint density at radius 2 is 2.06 bits per heavy atom. The second-order valence-corrected chi connectivity index (χ2v) is 5.09. The zero-order valence-corrected chi connectivity index (χ0v) is 11.8. The minimum Gasteiger partial charge on any atom is -0.390 e. The molecule has 1 amide bonds. The Kier molecular flexibility index (Phi) is 6.60. The van der Waals surface area contributed by atoms with Gasteiger partial charge in [0, 0.05) is 39.1 Å². The molecule has 1 aliphatic heterocycles. The number of morpholine rings is 1. The van der Waals surface area contributed by atoms with Crippen LogP contribution in [0.3, 0.4) is 0 Å². The summed E-state index contributed by atoms with van der Waals surface area (Å²) in [5, 5.41) is 10.00. The van der Waals surface area contributed by atoms with Crippen LogP contribution < -0.4 is 0 Å². The maximum Gasteiger partial charge on any atom is 0.225 e. The molecule has 2 atom stereocenters. The Morgan fingerprint density at radius 3 is 2.61 bits per heavy atom. The molecule has 1 N–H and O–H groups in total. The first-order valence-electron chi connectivity index (χ1n) is 6.77. The Hall–Kier alpha value is -0.650. The van der Waals surface area contributed by atoms with Gasteiger partial charge in [0.2, 0.25) is 5.91 Å². The van der Waals surface area contributed by atoms with E-state index in [0.717, 1.165) is 32.7 Å². The van der Waals surface area contributed by atoms with E-state index in [1.54, 1.807) is 11.9 Å². The third-order valence-corrected chi connectivity index (χ3v) is 3.47. The van der Waals surface area contributed by atoms with Gasteiger partial charge in [0.25, 0.3) is 0 Å². The molecule has 0 saturated carbocycles. The van der Waals surface area contributed by atoms with Crippen molar-refractivity contribution in [2.24, 2.45) is 5.92 Å². The van der Waals surface area contributed by atoms with Gasteiger partial charge in [-0.3, -0.25) is 9.69 Å². The van der Waals surface area contributed by atoms with Crippen LogP contribution in [0.4, 0.5) is 0 Å². The molecule has 1 aliphatic rings. The number of carbonyl (C=O) groups is 1. The number of ether oxygens (including phenoxy) is 1. The largest absolute Gasteiger partial charge is 0.390 e. The van der Waals surface area contributed by atoms with Gasteiger partial charge in [-0.2, -0.15) is 0 Å². The lowest BCUT2D eigenvalue weighted by molar-refractivity contribution is -0.135. The summed E-state index contributed by atoms with van der Waals surface area (Å²) in [6.07, 6.45) is 0.351. The molecule has 18 heavy (non-hydrogen) atoms. The van der Waals surface area contributed by atoms with E-state index >= 15 is 0 Å². The predicted molar refractivity (Wildman–Crippen MR) is 70.4 cm³/mol. The van der Waals surface area contributed by atoms with E-state index in [1.165, 1.54) is 0 Å². The van der Waals surface area contributed by atoms with E-state index in [4.69, 9.17) is 4.74 Å². The number of likely N-dealkylation sites (N-methyl/N-ethyl adjacent to an activating group) is 1. The number of carbonyl (C=O) groups excluding carboxylic acids is 1. The second kappa shape index (κ2) is 7.71. The molecule has 1 saturated heterocycles. The van der Waals surface area contributed by atoms with E-state index in [1.807, 2.05) is 13.8 Å². The molecule has 5 heteroatoms. The van der Waals surface area contributed by atoms with Crippen molar-refractivity contribution >= 4 is 5.91 Å². The molecule has 1 fully saturated rings. The lowest BCUT2D eigenvalue weighted by Crippen LogP contribution is -2.45. The van der Waals surface area contributed by atoms with Gasteiger partial charge in [-0.25, -0.2) is 0 Å². The van der Waals surface area contributed by atoms with E-state index in [0.29, 0.717) is 13.1 Å². The fourth-order valence-corrected chi connectivity index (χ4v) is 2.10. The molecule has 5 nitrogen and oxygen atoms in total. The maximum absolute atomic E-state index is 11.9. The van der Waals surface area contributed by atoms with Gasteiger partial charge in [0.1, 0.15) is 0 Å². The Morgan fingerprint density at radius 1 is 1.44 bits per heavy atom. The molecule has 1 rings (SSSR count). The van der Waals surface area contributed by atoms with E-state index in [2.05, 4.69) is 4.90 Å². The molecular weight excluding hydrogens is 232 g/mol. The average molecular weight is 258 g/mol. The fraction of sp³-hybridized carbons (Fsp3) is 0.923. The molecule has 0 spiro atoms. The van der Waals surface area contributed by atoms with Gasteiger partial charge in [-0.05, 0) is 6.42 Å². The minimum absolute atomic E-state index is 0.0330. The summed E-state index contributed by atoms with van der Waals surface area (Å²) in [5.41, 5.74) is 0. The van der Waals surface area contributed by atoms with Gasteiger partial charge in [-0.1, -0.05) is 13.8 Å². The van der Waals surface area contributed by atoms with Crippen LogP contribution in [0.25, 0.3) is 0 Å². The average Bonchev–Trinajstić information content (AvgIpc) is 2.37. The molecule has 0 bridgehead atoms. The number of hydrogen-bond donors (Lipinski definition) is 1. The Labute approximate surface area is 110 Å². The lowest BCUT2D eigenvalue weighted by atomic mass is 10.1. The van der Waals surface area contributed by atoms with Crippen molar-refractivity contribution in [3.8, 4) is 0 Å². The molecular formula is C13H26N2O3. The summed E-state index contributed by atoms with van der Waals surface area (Å²) in [7, 11) is 1.76. The van der Waals surface area contributed by atoms with Crippen molar-refractivity contribution in [2.45, 2.75) is 26.4 Å². The third kappa shape index (κ3) is 4.92. The number of aliphatic hydroxyl groups is 1. The number of rotatable bonds is 6. The predicted octanol–water partition coefficient (Wildman–Crippen LogP) is 0.184. The Balaban J connectivity index is 2.29. The van der Waals surface area contributed by atoms with Crippen LogP contribution in [0.1, 0.15) is 20.3 Å². The van der Waals surface area contributed by atoms with Gasteiger partial charge >= 0.3 is 0 Å². The van der Waals surface area contributed by atoms with Gasteiger partial charge < -0.3 is 14.7 Å². The van der Waals surface area contributed by atoms with Crippen LogP contribution in [0.5, 0.6) is 0 Å². The van der Waals surface area contributed by atoms with E-state index in [-0.39, 0.29) is 11.8 Å². The highest BCUT2D eigenvalue weighted by molar-refractivity contribution is 5.78. The van der Waals surface area contributed by atoms with Crippen LogP contribution in [0.2, 0.25) is 0 Å². The first kappa shape index (κ1) is 15.4. The van der Waals surface area contributed by atoms with Crippen molar-refractivity contribution in [1.82, 2.24) is 9.80 Å². The maximum atomic E-state index is 11.9. The second-order valence-electron chi connectivity index (χ2n) is 5.09. The summed E-state index contributed by atoms with van der Waals surface area (Å²) >= 11 is 0. The van der Waals surface area contributed by atoms with Crippen LogP contribution in [0, 0.1) is 5.92 Å².